The molecule has 28 heavy (non-hydrogen) atoms. The molecule has 2 N–H and O–H groups in total. The molecule has 2 rings (SSSR count). The number of aromatic nitrogens is 2. The maximum Gasteiger partial charge on any atom is 0.404 e. The van der Waals surface area contributed by atoms with Crippen LogP contribution >= 0.6 is 0 Å². The minimum absolute atomic E-state index is 0.144. The molecule has 0 aliphatic heterocycles. The van der Waals surface area contributed by atoms with Gasteiger partial charge in [0.2, 0.25) is 0 Å². The molecule has 0 aliphatic carbocycles. The van der Waals surface area contributed by atoms with E-state index in [4.69, 9.17) is 14.7 Å². The van der Waals surface area contributed by atoms with Gasteiger partial charge in [-0.05, 0) is 19.8 Å². The van der Waals surface area contributed by atoms with Crippen molar-refractivity contribution >= 4 is 16.2 Å². The Kier molecular flexibility index (Phi) is 6.27. The van der Waals surface area contributed by atoms with E-state index >= 15 is 0 Å². The van der Waals surface area contributed by atoms with Crippen LogP contribution in [0.5, 0.6) is 5.75 Å². The highest BCUT2D eigenvalue weighted by molar-refractivity contribution is 7.87. The second-order valence-electron chi connectivity index (χ2n) is 6.59. The molecule has 0 bridgehead atoms. The first-order valence-electron chi connectivity index (χ1n) is 8.36. The molecule has 11 heteroatoms. The number of amides is 1. The number of halogens is 2. The number of carbonyl (C=O) groups excluding carboxylic acids is 1. The molecule has 0 atom stereocenters. The summed E-state index contributed by atoms with van der Waals surface area (Å²) >= 11 is 0. The third-order valence-corrected chi connectivity index (χ3v) is 4.94. The average molecular weight is 417 g/mol. The minimum atomic E-state index is -4.52. The van der Waals surface area contributed by atoms with Crippen LogP contribution in [0.2, 0.25) is 0 Å². The molecule has 0 radical (unpaired) electrons. The Morgan fingerprint density at radius 2 is 1.75 bits per heavy atom. The van der Waals surface area contributed by atoms with Crippen molar-refractivity contribution in [3.8, 4) is 5.75 Å². The second kappa shape index (κ2) is 8.13. The minimum Gasteiger partial charge on any atom is -0.442 e. The monoisotopic (exact) mass is 417 g/mol. The normalized spacial score (nSPS) is 11.9. The molecule has 154 valence electrons. The summed E-state index contributed by atoms with van der Waals surface area (Å²) in [6, 6.07) is 1.69. The Balaban J connectivity index is 2.61. The predicted molar refractivity (Wildman–Crippen MR) is 95.2 cm³/mol. The standard InChI is InChI=1S/C17H21F2N3O5S/c1-9(2)15-16(22(10(3)4)14(21-15)8-26-17(20)23)28(24,25)27-13-6-11(18)5-12(19)7-13/h5-7,9-10H,8H2,1-4H3,(H2,20,23). The van der Waals surface area contributed by atoms with Crippen LogP contribution in [-0.4, -0.2) is 24.1 Å². The van der Waals surface area contributed by atoms with Crippen molar-refractivity contribution in [3.05, 3.63) is 41.4 Å². The van der Waals surface area contributed by atoms with E-state index in [1.807, 2.05) is 0 Å². The van der Waals surface area contributed by atoms with Crippen molar-refractivity contribution in [1.82, 2.24) is 9.55 Å². The van der Waals surface area contributed by atoms with Gasteiger partial charge in [-0.1, -0.05) is 13.8 Å². The van der Waals surface area contributed by atoms with Gasteiger partial charge in [-0.2, -0.15) is 8.42 Å². The lowest BCUT2D eigenvalue weighted by atomic mass is 10.1. The molecule has 1 heterocycles. The molecule has 0 fully saturated rings. The van der Waals surface area contributed by atoms with E-state index in [-0.39, 0.29) is 29.1 Å². The number of carbonyl (C=O) groups is 1. The highest BCUT2D eigenvalue weighted by Crippen LogP contribution is 2.31. The molecule has 1 amide bonds. The Labute approximate surface area is 161 Å². The largest absolute Gasteiger partial charge is 0.442 e. The number of primary amides is 1. The quantitative estimate of drug-likeness (QED) is 0.692. The lowest BCUT2D eigenvalue weighted by Crippen LogP contribution is -2.21. The van der Waals surface area contributed by atoms with E-state index in [0.717, 1.165) is 12.1 Å². The van der Waals surface area contributed by atoms with Crippen molar-refractivity contribution in [2.45, 2.75) is 51.3 Å². The zero-order valence-corrected chi connectivity index (χ0v) is 16.6. The predicted octanol–water partition coefficient (Wildman–Crippen LogP) is 3.23. The first-order chi connectivity index (χ1) is 12.9. The first kappa shape index (κ1) is 21.6. The molecule has 1 aromatic heterocycles. The fraction of sp³-hybridized carbons (Fsp3) is 0.412. The van der Waals surface area contributed by atoms with Crippen molar-refractivity contribution < 1.29 is 30.9 Å². The Bertz CT molecular complexity index is 967. The summed E-state index contributed by atoms with van der Waals surface area (Å²) in [6.45, 7) is 6.47. The van der Waals surface area contributed by atoms with Crippen LogP contribution < -0.4 is 9.92 Å². The number of hydrogen-bond acceptors (Lipinski definition) is 6. The number of benzene rings is 1. The van der Waals surface area contributed by atoms with E-state index in [1.165, 1.54) is 4.57 Å². The van der Waals surface area contributed by atoms with E-state index in [0.29, 0.717) is 6.07 Å². The molecule has 2 aromatic rings. The van der Waals surface area contributed by atoms with Gasteiger partial charge in [0.05, 0.1) is 5.69 Å². The summed E-state index contributed by atoms with van der Waals surface area (Å²) in [4.78, 5) is 15.2. The van der Waals surface area contributed by atoms with Crippen LogP contribution in [0.4, 0.5) is 13.6 Å². The zero-order chi connectivity index (χ0) is 21.2. The smallest absolute Gasteiger partial charge is 0.404 e. The molecule has 0 spiro atoms. The molecule has 0 aliphatic rings. The summed E-state index contributed by atoms with van der Waals surface area (Å²) in [5.74, 6) is -2.68. The van der Waals surface area contributed by atoms with Gasteiger partial charge < -0.3 is 19.2 Å². The molecule has 1 aromatic carbocycles. The second-order valence-corrected chi connectivity index (χ2v) is 8.05. The van der Waals surface area contributed by atoms with Gasteiger partial charge in [-0.3, -0.25) is 0 Å². The van der Waals surface area contributed by atoms with Gasteiger partial charge in [-0.25, -0.2) is 18.6 Å². The van der Waals surface area contributed by atoms with Crippen molar-refractivity contribution in [1.29, 1.82) is 0 Å². The fourth-order valence-electron chi connectivity index (χ4n) is 2.62. The summed E-state index contributed by atoms with van der Waals surface area (Å²) in [7, 11) is -4.52. The maximum absolute atomic E-state index is 13.4. The van der Waals surface area contributed by atoms with Crippen molar-refractivity contribution in [2.75, 3.05) is 0 Å². The van der Waals surface area contributed by atoms with Gasteiger partial charge in [-0.15, -0.1) is 0 Å². The van der Waals surface area contributed by atoms with Gasteiger partial charge in [0.25, 0.3) is 0 Å². The van der Waals surface area contributed by atoms with Crippen LogP contribution in [0.25, 0.3) is 0 Å². The summed E-state index contributed by atoms with van der Waals surface area (Å²) in [5.41, 5.74) is 5.14. The number of imidazole rings is 1. The molecule has 0 saturated heterocycles. The lowest BCUT2D eigenvalue weighted by Gasteiger charge is -2.17. The topological polar surface area (TPSA) is 114 Å². The van der Waals surface area contributed by atoms with Crippen molar-refractivity contribution in [3.63, 3.8) is 0 Å². The SMILES string of the molecule is CC(C)c1nc(COC(N)=O)n(C(C)C)c1S(=O)(=O)Oc1cc(F)cc(F)c1. The van der Waals surface area contributed by atoms with Gasteiger partial charge in [0, 0.05) is 24.2 Å². The average Bonchev–Trinajstić information content (AvgIpc) is 2.92. The highest BCUT2D eigenvalue weighted by atomic mass is 32.2. The Morgan fingerprint density at radius 3 is 2.21 bits per heavy atom. The highest BCUT2D eigenvalue weighted by Gasteiger charge is 2.32. The summed E-state index contributed by atoms with van der Waals surface area (Å²) in [5, 5.41) is -0.287. The van der Waals surface area contributed by atoms with Gasteiger partial charge >= 0.3 is 16.2 Å². The fourth-order valence-corrected chi connectivity index (χ4v) is 4.14. The first-order valence-corrected chi connectivity index (χ1v) is 9.77. The lowest BCUT2D eigenvalue weighted by molar-refractivity contribution is 0.145. The van der Waals surface area contributed by atoms with Crippen LogP contribution in [0.3, 0.4) is 0 Å². The number of hydrogen-bond donors (Lipinski definition) is 1. The molecule has 0 saturated carbocycles. The summed E-state index contributed by atoms with van der Waals surface area (Å²) < 4.78 is 63.8. The molecular weight excluding hydrogens is 396 g/mol. The van der Waals surface area contributed by atoms with Gasteiger partial charge in [0.15, 0.2) is 11.6 Å². The van der Waals surface area contributed by atoms with Crippen LogP contribution in [-0.2, 0) is 21.5 Å². The number of ether oxygens (including phenoxy) is 1. The van der Waals surface area contributed by atoms with E-state index in [2.05, 4.69) is 4.98 Å². The van der Waals surface area contributed by atoms with E-state index in [9.17, 15) is 22.0 Å². The number of rotatable bonds is 7. The van der Waals surface area contributed by atoms with E-state index < -0.39 is 39.6 Å². The third kappa shape index (κ3) is 4.77. The maximum atomic E-state index is 13.4. The van der Waals surface area contributed by atoms with Crippen molar-refractivity contribution in [2.24, 2.45) is 5.73 Å². The Hall–Kier alpha value is -2.69. The van der Waals surface area contributed by atoms with E-state index in [1.54, 1.807) is 27.7 Å². The third-order valence-electron chi connectivity index (χ3n) is 3.65. The van der Waals surface area contributed by atoms with Crippen LogP contribution in [0.1, 0.15) is 51.2 Å². The number of nitrogens with zero attached hydrogens (tertiary/aromatic N) is 2. The summed E-state index contributed by atoms with van der Waals surface area (Å²) in [6.07, 6.45) is -1.04. The van der Waals surface area contributed by atoms with Crippen LogP contribution in [0.15, 0.2) is 23.2 Å². The Morgan fingerprint density at radius 1 is 1.18 bits per heavy atom. The van der Waals surface area contributed by atoms with Gasteiger partial charge in [0.1, 0.15) is 23.2 Å². The zero-order valence-electron chi connectivity index (χ0n) is 15.8. The number of nitrogens with two attached hydrogens (primary N) is 1. The van der Waals surface area contributed by atoms with Crippen LogP contribution in [0, 0.1) is 11.6 Å². The molecule has 8 nitrogen and oxygen atoms in total. The molecule has 0 unspecified atom stereocenters. The molecular formula is C17H21F2N3O5S.